The molecule has 0 amide bonds. The standard InChI is InChI=1S/C14H21N3/c1-10(15)6-5-9-16-14-11(2)17-13-8-4-3-7-12(13)14/h3-4,7-8,10,16-17H,5-6,9,15H2,1-2H3. The maximum atomic E-state index is 5.74. The topological polar surface area (TPSA) is 53.8 Å². The fraction of sp³-hybridized carbons (Fsp3) is 0.429. The van der Waals surface area contributed by atoms with Crippen LogP contribution in [0.25, 0.3) is 10.9 Å². The van der Waals surface area contributed by atoms with E-state index in [0.29, 0.717) is 6.04 Å². The van der Waals surface area contributed by atoms with E-state index in [4.69, 9.17) is 5.73 Å². The molecular formula is C14H21N3. The van der Waals surface area contributed by atoms with Crippen molar-refractivity contribution in [1.29, 1.82) is 0 Å². The van der Waals surface area contributed by atoms with Gasteiger partial charge in [-0.25, -0.2) is 0 Å². The van der Waals surface area contributed by atoms with E-state index in [-0.39, 0.29) is 0 Å². The molecule has 0 aliphatic heterocycles. The normalized spacial score (nSPS) is 12.9. The minimum absolute atomic E-state index is 0.292. The van der Waals surface area contributed by atoms with Gasteiger partial charge in [0.2, 0.25) is 0 Å². The summed E-state index contributed by atoms with van der Waals surface area (Å²) in [5.41, 5.74) is 9.36. The van der Waals surface area contributed by atoms with Crippen molar-refractivity contribution in [3.05, 3.63) is 30.0 Å². The number of rotatable bonds is 5. The maximum absolute atomic E-state index is 5.74. The molecule has 1 unspecified atom stereocenters. The number of anilines is 1. The maximum Gasteiger partial charge on any atom is 0.0628 e. The van der Waals surface area contributed by atoms with E-state index < -0.39 is 0 Å². The van der Waals surface area contributed by atoms with Crippen LogP contribution in [0, 0.1) is 6.92 Å². The zero-order chi connectivity index (χ0) is 12.3. The average molecular weight is 231 g/mol. The van der Waals surface area contributed by atoms with E-state index in [9.17, 15) is 0 Å². The second kappa shape index (κ2) is 5.23. The third kappa shape index (κ3) is 2.80. The smallest absolute Gasteiger partial charge is 0.0628 e. The van der Waals surface area contributed by atoms with Gasteiger partial charge in [-0.2, -0.15) is 0 Å². The molecule has 1 heterocycles. The van der Waals surface area contributed by atoms with Crippen LogP contribution in [-0.4, -0.2) is 17.6 Å². The monoisotopic (exact) mass is 231 g/mol. The molecule has 0 saturated carbocycles. The molecule has 17 heavy (non-hydrogen) atoms. The molecule has 0 radical (unpaired) electrons. The molecular weight excluding hydrogens is 210 g/mol. The number of nitrogens with one attached hydrogen (secondary N) is 2. The lowest BCUT2D eigenvalue weighted by atomic mass is 10.2. The summed E-state index contributed by atoms with van der Waals surface area (Å²) in [7, 11) is 0. The number of benzene rings is 1. The van der Waals surface area contributed by atoms with Gasteiger partial charge in [-0.1, -0.05) is 18.2 Å². The zero-order valence-electron chi connectivity index (χ0n) is 10.6. The van der Waals surface area contributed by atoms with Gasteiger partial charge in [0, 0.05) is 29.2 Å². The Balaban J connectivity index is 2.05. The van der Waals surface area contributed by atoms with Gasteiger partial charge in [0.05, 0.1) is 5.69 Å². The minimum atomic E-state index is 0.292. The molecule has 92 valence electrons. The second-order valence-corrected chi connectivity index (χ2v) is 4.72. The van der Waals surface area contributed by atoms with Gasteiger partial charge in [-0.3, -0.25) is 0 Å². The average Bonchev–Trinajstić information content (AvgIpc) is 2.60. The number of nitrogens with two attached hydrogens (primary N) is 1. The Bertz CT molecular complexity index is 485. The highest BCUT2D eigenvalue weighted by Gasteiger charge is 2.06. The van der Waals surface area contributed by atoms with Crippen molar-refractivity contribution in [1.82, 2.24) is 4.98 Å². The highest BCUT2D eigenvalue weighted by molar-refractivity contribution is 5.94. The summed E-state index contributed by atoms with van der Waals surface area (Å²) < 4.78 is 0. The SMILES string of the molecule is Cc1[nH]c2ccccc2c1NCCCC(C)N. The molecule has 0 spiro atoms. The second-order valence-electron chi connectivity index (χ2n) is 4.72. The van der Waals surface area contributed by atoms with Crippen molar-refractivity contribution >= 4 is 16.6 Å². The molecule has 2 rings (SSSR count). The fourth-order valence-corrected chi connectivity index (χ4v) is 2.14. The summed E-state index contributed by atoms with van der Waals surface area (Å²) in [6.07, 6.45) is 2.17. The van der Waals surface area contributed by atoms with Gasteiger partial charge in [0.1, 0.15) is 0 Å². The van der Waals surface area contributed by atoms with Gasteiger partial charge in [0.15, 0.2) is 0 Å². The van der Waals surface area contributed by atoms with Gasteiger partial charge in [-0.05, 0) is 32.8 Å². The van der Waals surface area contributed by atoms with E-state index in [0.717, 1.165) is 19.4 Å². The van der Waals surface area contributed by atoms with Crippen molar-refractivity contribution in [2.24, 2.45) is 5.73 Å². The number of fused-ring (bicyclic) bond motifs is 1. The highest BCUT2D eigenvalue weighted by atomic mass is 14.9. The molecule has 2 aromatic rings. The van der Waals surface area contributed by atoms with Crippen molar-refractivity contribution in [3.63, 3.8) is 0 Å². The largest absolute Gasteiger partial charge is 0.383 e. The Morgan fingerprint density at radius 1 is 1.35 bits per heavy atom. The van der Waals surface area contributed by atoms with E-state index >= 15 is 0 Å². The number of para-hydroxylation sites is 1. The van der Waals surface area contributed by atoms with Crippen molar-refractivity contribution in [2.75, 3.05) is 11.9 Å². The van der Waals surface area contributed by atoms with Crippen molar-refractivity contribution in [3.8, 4) is 0 Å². The summed E-state index contributed by atoms with van der Waals surface area (Å²) in [6.45, 7) is 5.13. The first kappa shape index (κ1) is 12.0. The first-order valence-corrected chi connectivity index (χ1v) is 6.25. The lowest BCUT2D eigenvalue weighted by Gasteiger charge is -2.08. The minimum Gasteiger partial charge on any atom is -0.383 e. The third-order valence-electron chi connectivity index (χ3n) is 3.03. The lowest BCUT2D eigenvalue weighted by molar-refractivity contribution is 0.639. The Hall–Kier alpha value is -1.48. The molecule has 0 saturated heterocycles. The third-order valence-corrected chi connectivity index (χ3v) is 3.03. The van der Waals surface area contributed by atoms with Crippen molar-refractivity contribution < 1.29 is 0 Å². The van der Waals surface area contributed by atoms with E-state index in [1.165, 1.54) is 22.3 Å². The van der Waals surface area contributed by atoms with Crippen LogP contribution in [0.1, 0.15) is 25.5 Å². The van der Waals surface area contributed by atoms with E-state index in [1.54, 1.807) is 0 Å². The number of hydrogen-bond acceptors (Lipinski definition) is 2. The Labute approximate surface area is 102 Å². The molecule has 0 bridgehead atoms. The number of aryl methyl sites for hydroxylation is 1. The molecule has 0 aliphatic carbocycles. The summed E-state index contributed by atoms with van der Waals surface area (Å²) in [4.78, 5) is 3.39. The number of aromatic nitrogens is 1. The molecule has 3 heteroatoms. The van der Waals surface area contributed by atoms with E-state index in [1.807, 2.05) is 0 Å². The first-order valence-electron chi connectivity index (χ1n) is 6.25. The van der Waals surface area contributed by atoms with Gasteiger partial charge < -0.3 is 16.0 Å². The molecule has 0 aliphatic rings. The Morgan fingerprint density at radius 2 is 2.12 bits per heavy atom. The Kier molecular flexibility index (Phi) is 3.69. The summed E-state index contributed by atoms with van der Waals surface area (Å²) in [5.74, 6) is 0. The summed E-state index contributed by atoms with van der Waals surface area (Å²) in [6, 6.07) is 8.67. The first-order chi connectivity index (χ1) is 8.18. The highest BCUT2D eigenvalue weighted by Crippen LogP contribution is 2.26. The molecule has 0 fully saturated rings. The molecule has 4 N–H and O–H groups in total. The molecule has 1 aromatic heterocycles. The van der Waals surface area contributed by atoms with Gasteiger partial charge in [0.25, 0.3) is 0 Å². The van der Waals surface area contributed by atoms with Crippen LogP contribution < -0.4 is 11.1 Å². The quantitative estimate of drug-likeness (QED) is 0.693. The van der Waals surface area contributed by atoms with Crippen molar-refractivity contribution in [2.45, 2.75) is 32.7 Å². The van der Waals surface area contributed by atoms with E-state index in [2.05, 4.69) is 48.4 Å². The molecule has 3 nitrogen and oxygen atoms in total. The predicted molar refractivity (Wildman–Crippen MR) is 74.4 cm³/mol. The van der Waals surface area contributed by atoms with Gasteiger partial charge in [-0.15, -0.1) is 0 Å². The van der Waals surface area contributed by atoms with Crippen LogP contribution >= 0.6 is 0 Å². The van der Waals surface area contributed by atoms with Gasteiger partial charge >= 0.3 is 0 Å². The number of H-pyrrole nitrogens is 1. The van der Waals surface area contributed by atoms with Crippen LogP contribution in [-0.2, 0) is 0 Å². The summed E-state index contributed by atoms with van der Waals surface area (Å²) in [5, 5.41) is 4.77. The number of hydrogen-bond donors (Lipinski definition) is 3. The fourth-order valence-electron chi connectivity index (χ4n) is 2.14. The lowest BCUT2D eigenvalue weighted by Crippen LogP contribution is -2.16. The molecule has 1 atom stereocenters. The molecule has 1 aromatic carbocycles. The Morgan fingerprint density at radius 3 is 2.88 bits per heavy atom. The van der Waals surface area contributed by atoms with Crippen LogP contribution in [0.2, 0.25) is 0 Å². The van der Waals surface area contributed by atoms with Crippen LogP contribution in [0.5, 0.6) is 0 Å². The summed E-state index contributed by atoms with van der Waals surface area (Å²) >= 11 is 0. The van der Waals surface area contributed by atoms with Crippen LogP contribution in [0.4, 0.5) is 5.69 Å². The predicted octanol–water partition coefficient (Wildman–Crippen LogP) is 3.02. The number of aromatic amines is 1. The van der Waals surface area contributed by atoms with Crippen LogP contribution in [0.15, 0.2) is 24.3 Å². The zero-order valence-corrected chi connectivity index (χ0v) is 10.6. The van der Waals surface area contributed by atoms with Crippen LogP contribution in [0.3, 0.4) is 0 Å².